The average Bonchev–Trinajstić information content (AvgIpc) is 2.41. The number of hydrogen-bond acceptors (Lipinski definition) is 2. The summed E-state index contributed by atoms with van der Waals surface area (Å²) in [7, 11) is 0. The van der Waals surface area contributed by atoms with E-state index in [1.807, 2.05) is 6.07 Å². The van der Waals surface area contributed by atoms with Gasteiger partial charge in [-0.1, -0.05) is 0 Å². The monoisotopic (exact) mass is 125 g/mol. The van der Waals surface area contributed by atoms with Gasteiger partial charge in [0.05, 0.1) is 18.1 Å². The van der Waals surface area contributed by atoms with E-state index < -0.39 is 5.60 Å². The van der Waals surface area contributed by atoms with Crippen LogP contribution < -0.4 is 0 Å². The topological polar surface area (TPSA) is 44.0 Å². The lowest BCUT2D eigenvalue weighted by Crippen LogP contribution is -2.25. The molecule has 1 atom stereocenters. The summed E-state index contributed by atoms with van der Waals surface area (Å²) in [6.07, 6.45) is 2.46. The van der Waals surface area contributed by atoms with Gasteiger partial charge in [0.15, 0.2) is 0 Å². The summed E-state index contributed by atoms with van der Waals surface area (Å²) in [4.78, 5) is 0. The van der Waals surface area contributed by atoms with Crippen molar-refractivity contribution in [1.29, 1.82) is 5.26 Å². The van der Waals surface area contributed by atoms with Gasteiger partial charge in [-0.05, 0) is 25.7 Å². The second-order valence-corrected chi connectivity index (χ2v) is 2.97. The van der Waals surface area contributed by atoms with Crippen LogP contribution in [0, 0.1) is 17.2 Å². The lowest BCUT2D eigenvalue weighted by Gasteiger charge is -2.17. The van der Waals surface area contributed by atoms with E-state index in [4.69, 9.17) is 5.26 Å². The normalized spacial score (nSPS) is 24.6. The van der Waals surface area contributed by atoms with Crippen LogP contribution in [-0.2, 0) is 0 Å². The Hall–Kier alpha value is -0.550. The van der Waals surface area contributed by atoms with Gasteiger partial charge in [0.25, 0.3) is 0 Å². The molecule has 1 unspecified atom stereocenters. The van der Waals surface area contributed by atoms with Crippen LogP contribution in [0.4, 0.5) is 0 Å². The quantitative estimate of drug-likeness (QED) is 0.599. The Kier molecular flexibility index (Phi) is 1.46. The van der Waals surface area contributed by atoms with Gasteiger partial charge < -0.3 is 5.11 Å². The highest BCUT2D eigenvalue weighted by Gasteiger charge is 2.39. The minimum absolute atomic E-state index is 0.275. The lowest BCUT2D eigenvalue weighted by molar-refractivity contribution is 0.0417. The molecule has 9 heavy (non-hydrogen) atoms. The molecular weight excluding hydrogens is 114 g/mol. The maximum atomic E-state index is 9.43. The van der Waals surface area contributed by atoms with Crippen LogP contribution >= 0.6 is 0 Å². The Morgan fingerprint density at radius 1 is 1.78 bits per heavy atom. The summed E-state index contributed by atoms with van der Waals surface area (Å²) >= 11 is 0. The SMILES string of the molecule is CC(O)(CC#N)C1CC1. The van der Waals surface area contributed by atoms with Gasteiger partial charge in [-0.3, -0.25) is 0 Å². The molecule has 0 aromatic heterocycles. The highest BCUT2D eigenvalue weighted by atomic mass is 16.3. The fourth-order valence-electron chi connectivity index (χ4n) is 1.01. The van der Waals surface area contributed by atoms with Crippen LogP contribution in [0.3, 0.4) is 0 Å². The molecule has 0 saturated heterocycles. The maximum absolute atomic E-state index is 9.43. The molecule has 2 heteroatoms. The molecule has 0 spiro atoms. The number of aliphatic hydroxyl groups is 1. The summed E-state index contributed by atoms with van der Waals surface area (Å²) in [6, 6.07) is 1.98. The Morgan fingerprint density at radius 3 is 2.67 bits per heavy atom. The minimum atomic E-state index is -0.700. The third-order valence-electron chi connectivity index (χ3n) is 1.89. The van der Waals surface area contributed by atoms with E-state index in [0.29, 0.717) is 5.92 Å². The lowest BCUT2D eigenvalue weighted by atomic mass is 9.97. The van der Waals surface area contributed by atoms with Crippen molar-refractivity contribution in [2.24, 2.45) is 5.92 Å². The number of hydrogen-bond donors (Lipinski definition) is 1. The van der Waals surface area contributed by atoms with Crippen LogP contribution in [0.5, 0.6) is 0 Å². The van der Waals surface area contributed by atoms with Crippen LogP contribution in [0.25, 0.3) is 0 Å². The highest BCUT2D eigenvalue weighted by Crippen LogP contribution is 2.40. The van der Waals surface area contributed by atoms with Gasteiger partial charge in [0, 0.05) is 0 Å². The zero-order valence-corrected chi connectivity index (χ0v) is 5.59. The second kappa shape index (κ2) is 2.00. The predicted molar refractivity (Wildman–Crippen MR) is 33.6 cm³/mol. The van der Waals surface area contributed by atoms with Crippen LogP contribution in [0.2, 0.25) is 0 Å². The van der Waals surface area contributed by atoms with E-state index in [1.54, 1.807) is 6.92 Å². The summed E-state index contributed by atoms with van der Waals surface area (Å²) < 4.78 is 0. The van der Waals surface area contributed by atoms with Crippen molar-refractivity contribution >= 4 is 0 Å². The number of rotatable bonds is 2. The van der Waals surface area contributed by atoms with E-state index in [0.717, 1.165) is 12.8 Å². The molecule has 1 aliphatic carbocycles. The molecule has 50 valence electrons. The van der Waals surface area contributed by atoms with Gasteiger partial charge in [-0.2, -0.15) is 5.26 Å². The van der Waals surface area contributed by atoms with Crippen LogP contribution in [-0.4, -0.2) is 10.7 Å². The molecule has 1 fully saturated rings. The van der Waals surface area contributed by atoms with E-state index in [1.165, 1.54) is 0 Å². The number of nitriles is 1. The minimum Gasteiger partial charge on any atom is -0.389 e. The first kappa shape index (κ1) is 6.57. The fraction of sp³-hybridized carbons (Fsp3) is 0.857. The van der Waals surface area contributed by atoms with Crippen molar-refractivity contribution in [2.45, 2.75) is 31.8 Å². The molecule has 0 aliphatic heterocycles. The van der Waals surface area contributed by atoms with Crippen molar-refractivity contribution in [2.75, 3.05) is 0 Å². The van der Waals surface area contributed by atoms with Crippen molar-refractivity contribution in [1.82, 2.24) is 0 Å². The first-order valence-corrected chi connectivity index (χ1v) is 3.26. The van der Waals surface area contributed by atoms with E-state index in [2.05, 4.69) is 0 Å². The third-order valence-corrected chi connectivity index (χ3v) is 1.89. The predicted octanol–water partition coefficient (Wildman–Crippen LogP) is 1.06. The molecular formula is C7H11NO. The van der Waals surface area contributed by atoms with Crippen LogP contribution in [0.15, 0.2) is 0 Å². The summed E-state index contributed by atoms with van der Waals surface area (Å²) in [5.74, 6) is 0.400. The molecule has 1 N–H and O–H groups in total. The van der Waals surface area contributed by atoms with E-state index in [9.17, 15) is 5.11 Å². The second-order valence-electron chi connectivity index (χ2n) is 2.97. The largest absolute Gasteiger partial charge is 0.389 e. The van der Waals surface area contributed by atoms with Gasteiger partial charge in [0.1, 0.15) is 0 Å². The Bertz CT molecular complexity index is 141. The van der Waals surface area contributed by atoms with Crippen molar-refractivity contribution in [3.05, 3.63) is 0 Å². The van der Waals surface area contributed by atoms with E-state index in [-0.39, 0.29) is 6.42 Å². The summed E-state index contributed by atoms with van der Waals surface area (Å²) in [5, 5.41) is 17.7. The van der Waals surface area contributed by atoms with E-state index >= 15 is 0 Å². The maximum Gasteiger partial charge on any atom is 0.0777 e. The molecule has 0 radical (unpaired) electrons. The molecule has 1 rings (SSSR count). The fourth-order valence-corrected chi connectivity index (χ4v) is 1.01. The van der Waals surface area contributed by atoms with Gasteiger partial charge in [0.2, 0.25) is 0 Å². The van der Waals surface area contributed by atoms with Crippen molar-refractivity contribution in [3.8, 4) is 6.07 Å². The molecule has 0 aromatic rings. The molecule has 0 heterocycles. The van der Waals surface area contributed by atoms with Gasteiger partial charge >= 0.3 is 0 Å². The molecule has 0 amide bonds. The number of nitrogens with zero attached hydrogens (tertiary/aromatic N) is 1. The third kappa shape index (κ3) is 1.43. The Morgan fingerprint density at radius 2 is 2.33 bits per heavy atom. The summed E-state index contributed by atoms with van der Waals surface area (Å²) in [5.41, 5.74) is -0.700. The van der Waals surface area contributed by atoms with Gasteiger partial charge in [-0.25, -0.2) is 0 Å². The smallest absolute Gasteiger partial charge is 0.0777 e. The Balaban J connectivity index is 2.41. The van der Waals surface area contributed by atoms with Crippen LogP contribution in [0.1, 0.15) is 26.2 Å². The van der Waals surface area contributed by atoms with Crippen molar-refractivity contribution < 1.29 is 5.11 Å². The zero-order chi connectivity index (χ0) is 6.91. The first-order valence-electron chi connectivity index (χ1n) is 3.26. The summed E-state index contributed by atoms with van der Waals surface area (Å²) in [6.45, 7) is 1.74. The molecule has 1 aliphatic rings. The highest BCUT2D eigenvalue weighted by molar-refractivity contribution is 4.96. The molecule has 1 saturated carbocycles. The first-order chi connectivity index (χ1) is 4.17. The molecule has 0 aromatic carbocycles. The van der Waals surface area contributed by atoms with Crippen molar-refractivity contribution in [3.63, 3.8) is 0 Å². The molecule has 2 nitrogen and oxygen atoms in total. The standard InChI is InChI=1S/C7H11NO/c1-7(9,4-5-8)6-2-3-6/h6,9H,2-4H2,1H3. The Labute approximate surface area is 55.1 Å². The van der Waals surface area contributed by atoms with Gasteiger partial charge in [-0.15, -0.1) is 0 Å². The zero-order valence-electron chi connectivity index (χ0n) is 5.59. The average molecular weight is 125 g/mol. The molecule has 0 bridgehead atoms.